The molecule has 20 heavy (non-hydrogen) atoms. The van der Waals surface area contributed by atoms with Gasteiger partial charge in [0.15, 0.2) is 9.84 Å². The summed E-state index contributed by atoms with van der Waals surface area (Å²) in [4.78, 5) is 0. The molecule has 1 aliphatic rings. The molecule has 2 rings (SSSR count). The molecule has 0 saturated carbocycles. The second kappa shape index (κ2) is 7.20. The van der Waals surface area contributed by atoms with E-state index in [1.807, 2.05) is 18.2 Å². The Morgan fingerprint density at radius 3 is 2.70 bits per heavy atom. The smallest absolute Gasteiger partial charge is 0.150 e. The topological polar surface area (TPSA) is 55.4 Å². The standard InChI is InChI=1S/C15H23NO3S/c1-19-11-15(9-13-5-3-2-4-6-13)16-10-14-7-8-20(17,18)12-14/h2-6,14-16H,7-12H2,1H3/t14-,15-/m0/s1. The molecule has 1 saturated heterocycles. The maximum atomic E-state index is 11.4. The van der Waals surface area contributed by atoms with Crippen LogP contribution in [-0.2, 0) is 21.0 Å². The Hall–Kier alpha value is -0.910. The first kappa shape index (κ1) is 15.5. The van der Waals surface area contributed by atoms with E-state index in [1.54, 1.807) is 7.11 Å². The fourth-order valence-corrected chi connectivity index (χ4v) is 4.52. The van der Waals surface area contributed by atoms with Gasteiger partial charge in [-0.3, -0.25) is 0 Å². The zero-order chi connectivity index (χ0) is 14.4. The van der Waals surface area contributed by atoms with Crippen LogP contribution in [0.5, 0.6) is 0 Å². The lowest BCUT2D eigenvalue weighted by atomic mass is 10.0. The van der Waals surface area contributed by atoms with Crippen LogP contribution in [0.15, 0.2) is 30.3 Å². The average molecular weight is 297 g/mol. The molecule has 0 bridgehead atoms. The minimum absolute atomic E-state index is 0.228. The average Bonchev–Trinajstić information content (AvgIpc) is 2.77. The second-order valence-corrected chi connectivity index (χ2v) is 7.75. The molecule has 5 heteroatoms. The number of hydrogen-bond donors (Lipinski definition) is 1. The molecule has 0 spiro atoms. The highest BCUT2D eigenvalue weighted by Gasteiger charge is 2.28. The molecule has 4 nitrogen and oxygen atoms in total. The van der Waals surface area contributed by atoms with E-state index in [4.69, 9.17) is 4.74 Å². The lowest BCUT2D eigenvalue weighted by molar-refractivity contribution is 0.164. The molecular weight excluding hydrogens is 274 g/mol. The van der Waals surface area contributed by atoms with Gasteiger partial charge in [0, 0.05) is 13.2 Å². The first-order chi connectivity index (χ1) is 9.59. The van der Waals surface area contributed by atoms with Gasteiger partial charge >= 0.3 is 0 Å². The normalized spacial score (nSPS) is 22.8. The van der Waals surface area contributed by atoms with Crippen LogP contribution in [0.1, 0.15) is 12.0 Å². The summed E-state index contributed by atoms with van der Waals surface area (Å²) < 4.78 is 28.2. The zero-order valence-corrected chi connectivity index (χ0v) is 12.7. The maximum Gasteiger partial charge on any atom is 0.150 e. The van der Waals surface area contributed by atoms with E-state index in [9.17, 15) is 8.42 Å². The lowest BCUT2D eigenvalue weighted by Crippen LogP contribution is -2.38. The Bertz CT molecular complexity index is 501. The minimum Gasteiger partial charge on any atom is -0.383 e. The van der Waals surface area contributed by atoms with Crippen molar-refractivity contribution in [2.24, 2.45) is 5.92 Å². The Balaban J connectivity index is 1.83. The molecule has 0 unspecified atom stereocenters. The molecule has 1 fully saturated rings. The molecule has 0 aromatic heterocycles. The van der Waals surface area contributed by atoms with Crippen molar-refractivity contribution in [2.75, 3.05) is 31.8 Å². The number of sulfone groups is 1. The van der Waals surface area contributed by atoms with Gasteiger partial charge in [0.2, 0.25) is 0 Å². The largest absolute Gasteiger partial charge is 0.383 e. The molecular formula is C15H23NO3S. The van der Waals surface area contributed by atoms with Crippen LogP contribution < -0.4 is 5.32 Å². The summed E-state index contributed by atoms with van der Waals surface area (Å²) in [7, 11) is -1.09. The third kappa shape index (κ3) is 4.89. The number of rotatable bonds is 7. The molecule has 0 amide bonds. The highest BCUT2D eigenvalue weighted by atomic mass is 32.2. The number of hydrogen-bond acceptors (Lipinski definition) is 4. The van der Waals surface area contributed by atoms with E-state index in [1.165, 1.54) is 5.56 Å². The van der Waals surface area contributed by atoms with E-state index < -0.39 is 9.84 Å². The van der Waals surface area contributed by atoms with Crippen molar-refractivity contribution < 1.29 is 13.2 Å². The Morgan fingerprint density at radius 2 is 2.10 bits per heavy atom. The van der Waals surface area contributed by atoms with E-state index >= 15 is 0 Å². The molecule has 1 aromatic carbocycles. The second-order valence-electron chi connectivity index (χ2n) is 5.52. The SMILES string of the molecule is COC[C@H](Cc1ccccc1)NC[C@@H]1CCS(=O)(=O)C1. The van der Waals surface area contributed by atoms with Gasteiger partial charge in [0.25, 0.3) is 0 Å². The zero-order valence-electron chi connectivity index (χ0n) is 11.9. The summed E-state index contributed by atoms with van der Waals surface area (Å²) in [6.07, 6.45) is 1.68. The van der Waals surface area contributed by atoms with E-state index in [2.05, 4.69) is 17.4 Å². The third-order valence-electron chi connectivity index (χ3n) is 3.71. The molecule has 0 radical (unpaired) electrons. The summed E-state index contributed by atoms with van der Waals surface area (Å²) in [5.74, 6) is 0.910. The van der Waals surface area contributed by atoms with Crippen molar-refractivity contribution >= 4 is 9.84 Å². The summed E-state index contributed by atoms with van der Waals surface area (Å²) >= 11 is 0. The van der Waals surface area contributed by atoms with Gasteiger partial charge in [-0.15, -0.1) is 0 Å². The summed E-state index contributed by atoms with van der Waals surface area (Å²) in [5.41, 5.74) is 1.26. The third-order valence-corrected chi connectivity index (χ3v) is 5.55. The molecule has 1 aliphatic heterocycles. The number of ether oxygens (including phenoxy) is 1. The van der Waals surface area contributed by atoms with Crippen molar-refractivity contribution in [3.63, 3.8) is 0 Å². The molecule has 2 atom stereocenters. The van der Waals surface area contributed by atoms with Crippen molar-refractivity contribution in [1.82, 2.24) is 5.32 Å². The first-order valence-electron chi connectivity index (χ1n) is 7.06. The van der Waals surface area contributed by atoms with Gasteiger partial charge in [0.1, 0.15) is 0 Å². The van der Waals surface area contributed by atoms with Gasteiger partial charge < -0.3 is 10.1 Å². The Labute approximate surface area is 121 Å². The summed E-state index contributed by atoms with van der Waals surface area (Å²) in [6, 6.07) is 10.5. The van der Waals surface area contributed by atoms with Gasteiger partial charge in [-0.05, 0) is 30.9 Å². The fourth-order valence-electron chi connectivity index (χ4n) is 2.66. The molecule has 1 aromatic rings. The fraction of sp³-hybridized carbons (Fsp3) is 0.600. The molecule has 112 valence electrons. The van der Waals surface area contributed by atoms with Crippen LogP contribution in [0.3, 0.4) is 0 Å². The summed E-state index contributed by atoms with van der Waals surface area (Å²) in [6.45, 7) is 1.38. The van der Waals surface area contributed by atoms with Gasteiger partial charge in [-0.2, -0.15) is 0 Å². The lowest BCUT2D eigenvalue weighted by Gasteiger charge is -2.20. The van der Waals surface area contributed by atoms with Crippen LogP contribution in [0.4, 0.5) is 0 Å². The molecule has 1 N–H and O–H groups in total. The van der Waals surface area contributed by atoms with Crippen LogP contribution in [0, 0.1) is 5.92 Å². The van der Waals surface area contributed by atoms with Crippen LogP contribution in [0.25, 0.3) is 0 Å². The van der Waals surface area contributed by atoms with Crippen molar-refractivity contribution in [2.45, 2.75) is 18.9 Å². The Kier molecular flexibility index (Phi) is 5.57. The van der Waals surface area contributed by atoms with Gasteiger partial charge in [0.05, 0.1) is 18.1 Å². The van der Waals surface area contributed by atoms with Gasteiger partial charge in [-0.25, -0.2) is 8.42 Å². The maximum absolute atomic E-state index is 11.4. The highest BCUT2D eigenvalue weighted by Crippen LogP contribution is 2.17. The molecule has 1 heterocycles. The van der Waals surface area contributed by atoms with Crippen LogP contribution in [0.2, 0.25) is 0 Å². The van der Waals surface area contributed by atoms with E-state index in [-0.39, 0.29) is 12.0 Å². The number of methoxy groups -OCH3 is 1. The van der Waals surface area contributed by atoms with Crippen molar-refractivity contribution in [3.05, 3.63) is 35.9 Å². The van der Waals surface area contributed by atoms with Crippen LogP contribution >= 0.6 is 0 Å². The first-order valence-corrected chi connectivity index (χ1v) is 8.88. The van der Waals surface area contributed by atoms with Crippen molar-refractivity contribution in [1.29, 1.82) is 0 Å². The monoisotopic (exact) mass is 297 g/mol. The molecule has 0 aliphatic carbocycles. The predicted octanol–water partition coefficient (Wildman–Crippen LogP) is 1.27. The van der Waals surface area contributed by atoms with E-state index in [0.717, 1.165) is 19.4 Å². The Morgan fingerprint density at radius 1 is 1.35 bits per heavy atom. The number of benzene rings is 1. The van der Waals surface area contributed by atoms with Crippen molar-refractivity contribution in [3.8, 4) is 0 Å². The number of nitrogens with one attached hydrogen (secondary N) is 1. The predicted molar refractivity (Wildman–Crippen MR) is 80.6 cm³/mol. The van der Waals surface area contributed by atoms with E-state index in [0.29, 0.717) is 18.1 Å². The van der Waals surface area contributed by atoms with Crippen LogP contribution in [-0.4, -0.2) is 46.2 Å². The minimum atomic E-state index is -2.79. The van der Waals surface area contributed by atoms with Gasteiger partial charge in [-0.1, -0.05) is 30.3 Å². The highest BCUT2D eigenvalue weighted by molar-refractivity contribution is 7.91. The summed E-state index contributed by atoms with van der Waals surface area (Å²) in [5, 5.41) is 3.46. The quantitative estimate of drug-likeness (QED) is 0.823.